The Kier molecular flexibility index (Phi) is 3.38. The molecule has 3 heteroatoms. The van der Waals surface area contributed by atoms with Gasteiger partial charge in [-0.3, -0.25) is 4.98 Å². The molecule has 0 fully saturated rings. The standard InChI is InChI=1S/C14H15FN2/c1-10(2)13-6-5-11(15)8-14(13)17-12-4-3-7-16-9-12/h3-10,17H,1-2H3. The Morgan fingerprint density at radius 3 is 2.71 bits per heavy atom. The van der Waals surface area contributed by atoms with Crippen LogP contribution in [0.2, 0.25) is 0 Å². The minimum atomic E-state index is -0.235. The molecule has 0 atom stereocenters. The van der Waals surface area contributed by atoms with E-state index in [0.717, 1.165) is 16.9 Å². The summed E-state index contributed by atoms with van der Waals surface area (Å²) in [7, 11) is 0. The quantitative estimate of drug-likeness (QED) is 0.859. The van der Waals surface area contributed by atoms with Crippen molar-refractivity contribution in [3.8, 4) is 0 Å². The van der Waals surface area contributed by atoms with Crippen molar-refractivity contribution in [3.63, 3.8) is 0 Å². The van der Waals surface area contributed by atoms with Crippen molar-refractivity contribution < 1.29 is 4.39 Å². The average Bonchev–Trinajstić information content (AvgIpc) is 2.30. The van der Waals surface area contributed by atoms with E-state index in [0.29, 0.717) is 5.92 Å². The van der Waals surface area contributed by atoms with Gasteiger partial charge >= 0.3 is 0 Å². The van der Waals surface area contributed by atoms with Gasteiger partial charge in [0.15, 0.2) is 0 Å². The number of halogens is 1. The highest BCUT2D eigenvalue weighted by Crippen LogP contribution is 2.27. The molecule has 1 heterocycles. The monoisotopic (exact) mass is 230 g/mol. The SMILES string of the molecule is CC(C)c1ccc(F)cc1Nc1cccnc1. The molecule has 0 aliphatic rings. The van der Waals surface area contributed by atoms with E-state index in [1.165, 1.54) is 12.1 Å². The van der Waals surface area contributed by atoms with Crippen LogP contribution in [0.4, 0.5) is 15.8 Å². The highest BCUT2D eigenvalue weighted by molar-refractivity contribution is 5.63. The predicted octanol–water partition coefficient (Wildman–Crippen LogP) is 4.09. The number of nitrogens with one attached hydrogen (secondary N) is 1. The van der Waals surface area contributed by atoms with Gasteiger partial charge in [-0.05, 0) is 35.7 Å². The van der Waals surface area contributed by atoms with Crippen molar-refractivity contribution in [1.29, 1.82) is 0 Å². The highest BCUT2D eigenvalue weighted by Gasteiger charge is 2.08. The Balaban J connectivity index is 2.34. The fourth-order valence-corrected chi connectivity index (χ4v) is 1.73. The van der Waals surface area contributed by atoms with Gasteiger partial charge in [0.1, 0.15) is 5.82 Å². The van der Waals surface area contributed by atoms with Crippen LogP contribution in [0, 0.1) is 5.82 Å². The number of pyridine rings is 1. The molecule has 0 radical (unpaired) electrons. The minimum absolute atomic E-state index is 0.235. The number of rotatable bonds is 3. The summed E-state index contributed by atoms with van der Waals surface area (Å²) in [4.78, 5) is 4.02. The number of nitrogens with zero attached hydrogens (tertiary/aromatic N) is 1. The molecular formula is C14H15FN2. The minimum Gasteiger partial charge on any atom is -0.354 e. The van der Waals surface area contributed by atoms with Crippen LogP contribution in [-0.2, 0) is 0 Å². The molecule has 17 heavy (non-hydrogen) atoms. The van der Waals surface area contributed by atoms with Crippen LogP contribution in [-0.4, -0.2) is 4.98 Å². The molecule has 1 aromatic heterocycles. The first-order valence-corrected chi connectivity index (χ1v) is 5.63. The van der Waals surface area contributed by atoms with E-state index in [4.69, 9.17) is 0 Å². The summed E-state index contributed by atoms with van der Waals surface area (Å²) < 4.78 is 13.3. The zero-order valence-electron chi connectivity index (χ0n) is 9.94. The van der Waals surface area contributed by atoms with Gasteiger partial charge < -0.3 is 5.32 Å². The molecule has 0 saturated carbocycles. The third kappa shape index (κ3) is 2.81. The fraction of sp³-hybridized carbons (Fsp3) is 0.214. The van der Waals surface area contributed by atoms with Gasteiger partial charge in [0.05, 0.1) is 11.9 Å². The molecule has 1 N–H and O–H groups in total. The average molecular weight is 230 g/mol. The van der Waals surface area contributed by atoms with Crippen molar-refractivity contribution in [2.24, 2.45) is 0 Å². The maximum atomic E-state index is 13.3. The third-order valence-electron chi connectivity index (χ3n) is 2.58. The lowest BCUT2D eigenvalue weighted by Crippen LogP contribution is -1.98. The van der Waals surface area contributed by atoms with E-state index >= 15 is 0 Å². The molecule has 0 saturated heterocycles. The summed E-state index contributed by atoms with van der Waals surface area (Å²) in [6.07, 6.45) is 3.43. The second-order valence-corrected chi connectivity index (χ2v) is 4.25. The van der Waals surface area contributed by atoms with Crippen LogP contribution in [0.3, 0.4) is 0 Å². The largest absolute Gasteiger partial charge is 0.354 e. The van der Waals surface area contributed by atoms with Gasteiger partial charge in [0, 0.05) is 11.9 Å². The molecule has 2 nitrogen and oxygen atoms in total. The first kappa shape index (κ1) is 11.6. The summed E-state index contributed by atoms with van der Waals surface area (Å²) in [6, 6.07) is 8.57. The first-order valence-electron chi connectivity index (χ1n) is 5.63. The zero-order valence-corrected chi connectivity index (χ0v) is 9.94. The molecule has 0 unspecified atom stereocenters. The van der Waals surface area contributed by atoms with E-state index in [-0.39, 0.29) is 5.82 Å². The lowest BCUT2D eigenvalue weighted by Gasteiger charge is -2.14. The Hall–Kier alpha value is -1.90. The van der Waals surface area contributed by atoms with Gasteiger partial charge in [0.25, 0.3) is 0 Å². The summed E-state index contributed by atoms with van der Waals surface area (Å²) in [6.45, 7) is 4.17. The lowest BCUT2D eigenvalue weighted by atomic mass is 10.0. The van der Waals surface area contributed by atoms with E-state index < -0.39 is 0 Å². The molecule has 0 spiro atoms. The maximum Gasteiger partial charge on any atom is 0.125 e. The highest BCUT2D eigenvalue weighted by atomic mass is 19.1. The van der Waals surface area contributed by atoms with Crippen LogP contribution in [0.5, 0.6) is 0 Å². The lowest BCUT2D eigenvalue weighted by molar-refractivity contribution is 0.627. The van der Waals surface area contributed by atoms with Crippen molar-refractivity contribution in [2.75, 3.05) is 5.32 Å². The number of aromatic nitrogens is 1. The van der Waals surface area contributed by atoms with Gasteiger partial charge in [-0.1, -0.05) is 19.9 Å². The molecule has 0 aliphatic carbocycles. The number of hydrogen-bond acceptors (Lipinski definition) is 2. The van der Waals surface area contributed by atoms with Gasteiger partial charge in [-0.2, -0.15) is 0 Å². The van der Waals surface area contributed by atoms with Crippen molar-refractivity contribution in [3.05, 3.63) is 54.1 Å². The van der Waals surface area contributed by atoms with Crippen LogP contribution < -0.4 is 5.32 Å². The molecular weight excluding hydrogens is 215 g/mol. The topological polar surface area (TPSA) is 24.9 Å². The normalized spacial score (nSPS) is 10.6. The Labute approximate surface area is 101 Å². The number of anilines is 2. The van der Waals surface area contributed by atoms with Gasteiger partial charge in [0.2, 0.25) is 0 Å². The fourth-order valence-electron chi connectivity index (χ4n) is 1.73. The van der Waals surface area contributed by atoms with Crippen LogP contribution in [0.1, 0.15) is 25.3 Å². The van der Waals surface area contributed by atoms with E-state index in [9.17, 15) is 4.39 Å². The second-order valence-electron chi connectivity index (χ2n) is 4.25. The molecule has 0 bridgehead atoms. The summed E-state index contributed by atoms with van der Waals surface area (Å²) in [5.74, 6) is 0.107. The molecule has 1 aromatic carbocycles. The Morgan fingerprint density at radius 2 is 2.06 bits per heavy atom. The summed E-state index contributed by atoms with van der Waals surface area (Å²) >= 11 is 0. The van der Waals surface area contributed by atoms with Gasteiger partial charge in [-0.25, -0.2) is 4.39 Å². The number of hydrogen-bond donors (Lipinski definition) is 1. The van der Waals surface area contributed by atoms with Crippen LogP contribution in [0.25, 0.3) is 0 Å². The van der Waals surface area contributed by atoms with E-state index in [1.54, 1.807) is 12.4 Å². The molecule has 0 aliphatic heterocycles. The Morgan fingerprint density at radius 1 is 1.24 bits per heavy atom. The summed E-state index contributed by atoms with van der Waals surface area (Å²) in [5, 5.41) is 3.19. The summed E-state index contributed by atoms with van der Waals surface area (Å²) in [5.41, 5.74) is 2.75. The van der Waals surface area contributed by atoms with Gasteiger partial charge in [-0.15, -0.1) is 0 Å². The first-order chi connectivity index (χ1) is 8.16. The van der Waals surface area contributed by atoms with Crippen molar-refractivity contribution >= 4 is 11.4 Å². The van der Waals surface area contributed by atoms with Crippen LogP contribution in [0.15, 0.2) is 42.7 Å². The maximum absolute atomic E-state index is 13.3. The van der Waals surface area contributed by atoms with Crippen LogP contribution >= 0.6 is 0 Å². The molecule has 2 aromatic rings. The van der Waals surface area contributed by atoms with Crippen molar-refractivity contribution in [2.45, 2.75) is 19.8 Å². The predicted molar refractivity (Wildman–Crippen MR) is 68.0 cm³/mol. The second kappa shape index (κ2) is 4.95. The van der Waals surface area contributed by atoms with E-state index in [2.05, 4.69) is 24.1 Å². The Bertz CT molecular complexity index is 495. The van der Waals surface area contributed by atoms with E-state index in [1.807, 2.05) is 18.2 Å². The third-order valence-corrected chi connectivity index (χ3v) is 2.58. The smallest absolute Gasteiger partial charge is 0.125 e. The molecule has 88 valence electrons. The zero-order chi connectivity index (χ0) is 12.3. The number of benzene rings is 1. The molecule has 2 rings (SSSR count). The molecule has 0 amide bonds. The van der Waals surface area contributed by atoms with Crippen molar-refractivity contribution in [1.82, 2.24) is 4.98 Å².